The molecule has 5 aromatic rings. The molecule has 0 amide bonds. The monoisotopic (exact) mass is 424 g/mol. The molecule has 2 nitrogen and oxygen atoms in total. The van der Waals surface area contributed by atoms with Crippen LogP contribution in [-0.2, 0) is 0 Å². The summed E-state index contributed by atoms with van der Waals surface area (Å²) >= 11 is 0. The van der Waals surface area contributed by atoms with Crippen molar-refractivity contribution >= 4 is 29.2 Å². The van der Waals surface area contributed by atoms with E-state index >= 15 is 0 Å². The lowest BCUT2D eigenvalue weighted by atomic mass is 10.1. The van der Waals surface area contributed by atoms with Crippen LogP contribution in [0.15, 0.2) is 134 Å². The molecule has 0 aliphatic rings. The van der Waals surface area contributed by atoms with Gasteiger partial charge in [0.1, 0.15) is 0 Å². The van der Waals surface area contributed by atoms with E-state index in [0.29, 0.717) is 0 Å². The van der Waals surface area contributed by atoms with Gasteiger partial charge in [0.15, 0.2) is 0 Å². The summed E-state index contributed by atoms with van der Waals surface area (Å²) in [6.45, 7) is 0. The quantitative estimate of drug-likeness (QED) is 0.254. The number of benzene rings is 4. The lowest BCUT2D eigenvalue weighted by Crippen LogP contribution is -2.09. The smallest absolute Gasteiger partial charge is 0.0701 e. The number of anilines is 3. The van der Waals surface area contributed by atoms with E-state index in [1.165, 1.54) is 0 Å². The van der Waals surface area contributed by atoms with Gasteiger partial charge in [0, 0.05) is 28.8 Å². The van der Waals surface area contributed by atoms with E-state index in [-0.39, 0.29) is 0 Å². The Morgan fingerprint density at radius 1 is 0.455 bits per heavy atom. The first-order valence-electron chi connectivity index (χ1n) is 11.1. The van der Waals surface area contributed by atoms with Crippen molar-refractivity contribution in [3.05, 3.63) is 145 Å². The number of aromatic nitrogens is 1. The van der Waals surface area contributed by atoms with E-state index < -0.39 is 0 Å². The normalized spacial score (nSPS) is 10.9. The molecule has 0 fully saturated rings. The fraction of sp³-hybridized carbons (Fsp3) is 0. The van der Waals surface area contributed by atoms with Crippen molar-refractivity contribution in [2.24, 2.45) is 0 Å². The Labute approximate surface area is 195 Å². The molecule has 33 heavy (non-hydrogen) atoms. The van der Waals surface area contributed by atoms with Gasteiger partial charge in [0.2, 0.25) is 0 Å². The molecular weight excluding hydrogens is 400 g/mol. The van der Waals surface area contributed by atoms with Gasteiger partial charge in [-0.05, 0) is 59.7 Å². The van der Waals surface area contributed by atoms with Gasteiger partial charge in [-0.3, -0.25) is 4.98 Å². The number of pyridine rings is 1. The maximum Gasteiger partial charge on any atom is 0.0701 e. The maximum absolute atomic E-state index is 4.42. The van der Waals surface area contributed by atoms with Crippen molar-refractivity contribution in [2.45, 2.75) is 0 Å². The minimum absolute atomic E-state index is 0.991. The first-order valence-corrected chi connectivity index (χ1v) is 11.1. The van der Waals surface area contributed by atoms with Crippen molar-refractivity contribution in [1.82, 2.24) is 4.98 Å². The van der Waals surface area contributed by atoms with Crippen LogP contribution in [0.3, 0.4) is 0 Å². The summed E-state index contributed by atoms with van der Waals surface area (Å²) in [5.41, 5.74) is 7.84. The molecule has 1 aromatic heterocycles. The molecule has 0 aliphatic heterocycles. The molecule has 0 bridgehead atoms. The van der Waals surface area contributed by atoms with Gasteiger partial charge in [-0.25, -0.2) is 0 Å². The van der Waals surface area contributed by atoms with Crippen LogP contribution in [-0.4, -0.2) is 4.98 Å². The number of nitrogens with zero attached hydrogens (tertiary/aromatic N) is 2. The highest BCUT2D eigenvalue weighted by molar-refractivity contribution is 5.78. The zero-order valence-electron chi connectivity index (χ0n) is 18.3. The molecule has 4 aromatic carbocycles. The second kappa shape index (κ2) is 9.80. The fourth-order valence-electron chi connectivity index (χ4n) is 3.83. The highest BCUT2D eigenvalue weighted by Crippen LogP contribution is 2.34. The van der Waals surface area contributed by atoms with Crippen LogP contribution in [0.5, 0.6) is 0 Å². The van der Waals surface area contributed by atoms with E-state index in [1.807, 2.05) is 36.5 Å². The van der Waals surface area contributed by atoms with Crippen LogP contribution >= 0.6 is 0 Å². The third kappa shape index (κ3) is 4.91. The Kier molecular flexibility index (Phi) is 6.08. The molecule has 0 aliphatic carbocycles. The number of hydrogen-bond acceptors (Lipinski definition) is 2. The summed E-state index contributed by atoms with van der Waals surface area (Å²) in [5, 5.41) is 0. The van der Waals surface area contributed by atoms with E-state index in [9.17, 15) is 0 Å². The summed E-state index contributed by atoms with van der Waals surface area (Å²) in [4.78, 5) is 6.68. The molecule has 158 valence electrons. The van der Waals surface area contributed by atoms with Gasteiger partial charge < -0.3 is 4.90 Å². The Morgan fingerprint density at radius 3 is 1.45 bits per heavy atom. The van der Waals surface area contributed by atoms with Gasteiger partial charge >= 0.3 is 0 Å². The fourth-order valence-corrected chi connectivity index (χ4v) is 3.83. The SMILES string of the molecule is C(=Cc1ccc(N(c2ccccc2)c2ccccc2)cc1)c1ccc(-c2ccccn2)cc1. The number of hydrogen-bond donors (Lipinski definition) is 0. The van der Waals surface area contributed by atoms with Crippen molar-refractivity contribution in [1.29, 1.82) is 0 Å². The molecule has 0 saturated carbocycles. The molecule has 0 spiro atoms. The average Bonchev–Trinajstić information content (AvgIpc) is 2.90. The minimum atomic E-state index is 0.991. The van der Waals surface area contributed by atoms with Crippen molar-refractivity contribution in [3.8, 4) is 11.3 Å². The summed E-state index contributed by atoms with van der Waals surface area (Å²) in [5.74, 6) is 0. The van der Waals surface area contributed by atoms with Crippen LogP contribution in [0.25, 0.3) is 23.4 Å². The molecule has 5 rings (SSSR count). The Morgan fingerprint density at radius 2 is 0.939 bits per heavy atom. The number of para-hydroxylation sites is 2. The summed E-state index contributed by atoms with van der Waals surface area (Å²) in [6, 6.07) is 44.0. The predicted octanol–water partition coefficient (Wildman–Crippen LogP) is 8.39. The lowest BCUT2D eigenvalue weighted by Gasteiger charge is -2.25. The first-order chi connectivity index (χ1) is 16.4. The summed E-state index contributed by atoms with van der Waals surface area (Å²) < 4.78 is 0. The molecule has 0 radical (unpaired) electrons. The van der Waals surface area contributed by atoms with Crippen molar-refractivity contribution < 1.29 is 0 Å². The molecule has 0 saturated heterocycles. The molecule has 0 atom stereocenters. The molecule has 0 N–H and O–H groups in total. The zero-order chi connectivity index (χ0) is 22.3. The van der Waals surface area contributed by atoms with Crippen LogP contribution < -0.4 is 4.90 Å². The highest BCUT2D eigenvalue weighted by atomic mass is 15.1. The molecule has 2 heteroatoms. The highest BCUT2D eigenvalue weighted by Gasteiger charge is 2.11. The van der Waals surface area contributed by atoms with E-state index in [0.717, 1.165) is 39.4 Å². The van der Waals surface area contributed by atoms with Crippen LogP contribution in [0.4, 0.5) is 17.1 Å². The van der Waals surface area contributed by atoms with E-state index in [1.54, 1.807) is 0 Å². The second-order valence-electron chi connectivity index (χ2n) is 7.77. The Hall–Kier alpha value is -4.43. The van der Waals surface area contributed by atoms with Crippen LogP contribution in [0, 0.1) is 0 Å². The molecule has 0 unspecified atom stereocenters. The van der Waals surface area contributed by atoms with E-state index in [4.69, 9.17) is 0 Å². The standard InChI is InChI=1S/C31H24N2/c1-3-9-28(10-4-1)33(29-11-5-2-6-12-29)30-22-18-26(19-23-30)15-14-25-16-20-27(21-17-25)31-13-7-8-24-32-31/h1-24H. The van der Waals surface area contributed by atoms with Gasteiger partial charge in [-0.15, -0.1) is 0 Å². The van der Waals surface area contributed by atoms with E-state index in [2.05, 4.69) is 119 Å². The first kappa shape index (κ1) is 20.5. The van der Waals surface area contributed by atoms with Crippen molar-refractivity contribution in [3.63, 3.8) is 0 Å². The Bertz CT molecular complexity index is 1270. The maximum atomic E-state index is 4.42. The summed E-state index contributed by atoms with van der Waals surface area (Å²) in [7, 11) is 0. The van der Waals surface area contributed by atoms with Crippen LogP contribution in [0.1, 0.15) is 11.1 Å². The largest absolute Gasteiger partial charge is 0.311 e. The summed E-state index contributed by atoms with van der Waals surface area (Å²) in [6.07, 6.45) is 6.11. The Balaban J connectivity index is 1.36. The van der Waals surface area contributed by atoms with Gasteiger partial charge in [0.05, 0.1) is 5.69 Å². The van der Waals surface area contributed by atoms with Gasteiger partial charge in [-0.1, -0.05) is 91.0 Å². The second-order valence-corrected chi connectivity index (χ2v) is 7.77. The lowest BCUT2D eigenvalue weighted by molar-refractivity contribution is 1.28. The third-order valence-corrected chi connectivity index (χ3v) is 5.52. The van der Waals surface area contributed by atoms with Crippen molar-refractivity contribution in [2.75, 3.05) is 4.90 Å². The molecular formula is C31H24N2. The van der Waals surface area contributed by atoms with Crippen LogP contribution in [0.2, 0.25) is 0 Å². The number of rotatable bonds is 6. The topological polar surface area (TPSA) is 16.1 Å². The zero-order valence-corrected chi connectivity index (χ0v) is 18.3. The van der Waals surface area contributed by atoms with Gasteiger partial charge in [-0.2, -0.15) is 0 Å². The minimum Gasteiger partial charge on any atom is -0.311 e. The average molecular weight is 425 g/mol. The van der Waals surface area contributed by atoms with Gasteiger partial charge in [0.25, 0.3) is 0 Å². The predicted molar refractivity (Wildman–Crippen MR) is 140 cm³/mol. The molecule has 1 heterocycles. The third-order valence-electron chi connectivity index (χ3n) is 5.52.